The first-order chi connectivity index (χ1) is 14.0. The smallest absolute Gasteiger partial charge is 0.248 e. The van der Waals surface area contributed by atoms with Crippen molar-refractivity contribution in [2.75, 3.05) is 24.5 Å². The van der Waals surface area contributed by atoms with Crippen LogP contribution in [0.25, 0.3) is 11.0 Å². The zero-order chi connectivity index (χ0) is 20.4. The molecule has 1 saturated heterocycles. The number of H-pyrrole nitrogens is 1. The molecule has 1 aliphatic heterocycles. The van der Waals surface area contributed by atoms with Crippen molar-refractivity contribution >= 4 is 34.4 Å². The standard InChI is InChI=1S/C20H24ClN7O/c21-14-3-1-13(2-4-14)16(11-22)28(19(29)20(23)6-9-24-10-7-20)18-15-5-8-25-17(15)26-12-27-18/h1-5,8,12,16,24H,6-7,9-11,22-23H2,(H,25,26,27). The molecule has 4 rings (SSSR count). The lowest BCUT2D eigenvalue weighted by molar-refractivity contribution is -0.125. The van der Waals surface area contributed by atoms with Gasteiger partial charge >= 0.3 is 0 Å². The second-order valence-electron chi connectivity index (χ2n) is 7.32. The van der Waals surface area contributed by atoms with Gasteiger partial charge in [0.15, 0.2) is 0 Å². The molecule has 1 amide bonds. The summed E-state index contributed by atoms with van der Waals surface area (Å²) in [7, 11) is 0. The van der Waals surface area contributed by atoms with Gasteiger partial charge in [-0.05, 0) is 49.7 Å². The van der Waals surface area contributed by atoms with Crippen LogP contribution in [-0.4, -0.2) is 46.0 Å². The molecule has 1 unspecified atom stereocenters. The number of nitrogens with zero attached hydrogens (tertiary/aromatic N) is 3. The maximum absolute atomic E-state index is 13.8. The SMILES string of the molecule is NCC(c1ccc(Cl)cc1)N(C(=O)C1(N)CCNCC1)c1ncnc2[nH]ccc12. The summed E-state index contributed by atoms with van der Waals surface area (Å²) in [6.07, 6.45) is 4.30. The van der Waals surface area contributed by atoms with E-state index in [0.717, 1.165) is 10.9 Å². The van der Waals surface area contributed by atoms with Gasteiger partial charge in [0.2, 0.25) is 5.91 Å². The largest absolute Gasteiger partial charge is 0.346 e. The van der Waals surface area contributed by atoms with Gasteiger partial charge in [0.05, 0.1) is 17.0 Å². The minimum atomic E-state index is -0.987. The lowest BCUT2D eigenvalue weighted by Crippen LogP contribution is -2.61. The molecule has 0 saturated carbocycles. The number of hydrogen-bond donors (Lipinski definition) is 4. The Hall–Kier alpha value is -2.52. The van der Waals surface area contributed by atoms with Crippen molar-refractivity contribution in [2.24, 2.45) is 11.5 Å². The fourth-order valence-corrected chi connectivity index (χ4v) is 3.96. The molecule has 1 fully saturated rings. The highest BCUT2D eigenvalue weighted by atomic mass is 35.5. The Morgan fingerprint density at radius 3 is 2.62 bits per heavy atom. The number of nitrogens with two attached hydrogens (primary N) is 2. The van der Waals surface area contributed by atoms with Crippen molar-refractivity contribution < 1.29 is 4.79 Å². The van der Waals surface area contributed by atoms with Gasteiger partial charge in [0, 0.05) is 17.8 Å². The maximum atomic E-state index is 13.8. The van der Waals surface area contributed by atoms with Crippen LogP contribution in [0.3, 0.4) is 0 Å². The summed E-state index contributed by atoms with van der Waals surface area (Å²) in [4.78, 5) is 27.3. The summed E-state index contributed by atoms with van der Waals surface area (Å²) in [6, 6.07) is 8.74. The predicted octanol–water partition coefficient (Wildman–Crippen LogP) is 1.73. The number of carbonyl (C=O) groups is 1. The van der Waals surface area contributed by atoms with Crippen molar-refractivity contribution in [3.63, 3.8) is 0 Å². The fourth-order valence-electron chi connectivity index (χ4n) is 3.84. The number of benzene rings is 1. The Morgan fingerprint density at radius 2 is 1.93 bits per heavy atom. The maximum Gasteiger partial charge on any atom is 0.248 e. The second-order valence-corrected chi connectivity index (χ2v) is 7.76. The van der Waals surface area contributed by atoms with Crippen LogP contribution in [0.2, 0.25) is 5.02 Å². The van der Waals surface area contributed by atoms with E-state index in [0.29, 0.717) is 42.4 Å². The van der Waals surface area contributed by atoms with Crippen LogP contribution >= 0.6 is 11.6 Å². The molecule has 0 aliphatic carbocycles. The third-order valence-electron chi connectivity index (χ3n) is 5.49. The topological polar surface area (TPSA) is 126 Å². The number of aromatic nitrogens is 3. The number of aromatic amines is 1. The number of nitrogens with one attached hydrogen (secondary N) is 2. The van der Waals surface area contributed by atoms with Crippen molar-refractivity contribution in [1.29, 1.82) is 0 Å². The van der Waals surface area contributed by atoms with Crippen LogP contribution in [0.1, 0.15) is 24.4 Å². The van der Waals surface area contributed by atoms with Crippen LogP contribution in [0.4, 0.5) is 5.82 Å². The van der Waals surface area contributed by atoms with Gasteiger partial charge in [-0.1, -0.05) is 23.7 Å². The van der Waals surface area contributed by atoms with Gasteiger partial charge in [-0.15, -0.1) is 0 Å². The summed E-state index contributed by atoms with van der Waals surface area (Å²) in [5.74, 6) is 0.306. The minimum absolute atomic E-state index is 0.189. The molecule has 1 aromatic carbocycles. The van der Waals surface area contributed by atoms with E-state index in [1.54, 1.807) is 23.2 Å². The van der Waals surface area contributed by atoms with Gasteiger partial charge in [-0.3, -0.25) is 9.69 Å². The Kier molecular flexibility index (Phi) is 5.51. The summed E-state index contributed by atoms with van der Waals surface area (Å²) < 4.78 is 0. The van der Waals surface area contributed by atoms with E-state index in [1.165, 1.54) is 6.33 Å². The van der Waals surface area contributed by atoms with E-state index in [1.807, 2.05) is 18.2 Å². The number of anilines is 1. The molecule has 1 aliphatic rings. The molecule has 0 radical (unpaired) electrons. The van der Waals surface area contributed by atoms with Crippen LogP contribution < -0.4 is 21.7 Å². The number of fused-ring (bicyclic) bond motifs is 1. The van der Waals surface area contributed by atoms with Gasteiger partial charge < -0.3 is 21.8 Å². The molecule has 3 aromatic rings. The molecule has 0 spiro atoms. The van der Waals surface area contributed by atoms with E-state index in [9.17, 15) is 4.79 Å². The number of rotatable bonds is 5. The fraction of sp³-hybridized carbons (Fsp3) is 0.350. The van der Waals surface area contributed by atoms with E-state index >= 15 is 0 Å². The van der Waals surface area contributed by atoms with E-state index in [4.69, 9.17) is 23.1 Å². The Morgan fingerprint density at radius 1 is 1.21 bits per heavy atom. The molecule has 6 N–H and O–H groups in total. The first-order valence-electron chi connectivity index (χ1n) is 9.60. The van der Waals surface area contributed by atoms with E-state index < -0.39 is 11.6 Å². The van der Waals surface area contributed by atoms with Gasteiger partial charge in [0.1, 0.15) is 17.8 Å². The lowest BCUT2D eigenvalue weighted by atomic mass is 9.87. The van der Waals surface area contributed by atoms with Crippen molar-refractivity contribution in [2.45, 2.75) is 24.4 Å². The molecule has 29 heavy (non-hydrogen) atoms. The molecule has 1 atom stereocenters. The van der Waals surface area contributed by atoms with Crippen molar-refractivity contribution in [3.05, 3.63) is 53.4 Å². The van der Waals surface area contributed by atoms with E-state index in [-0.39, 0.29) is 12.5 Å². The number of hydrogen-bond acceptors (Lipinski definition) is 6. The first-order valence-corrected chi connectivity index (χ1v) is 9.98. The van der Waals surface area contributed by atoms with Gasteiger partial charge in [-0.2, -0.15) is 0 Å². The molecular formula is C20H24ClN7O. The summed E-state index contributed by atoms with van der Waals surface area (Å²) >= 11 is 6.06. The highest BCUT2D eigenvalue weighted by Gasteiger charge is 2.42. The highest BCUT2D eigenvalue weighted by molar-refractivity contribution is 6.30. The summed E-state index contributed by atoms with van der Waals surface area (Å²) in [5, 5.41) is 4.62. The first kappa shape index (κ1) is 19.8. The number of halogens is 1. The Labute approximate surface area is 173 Å². The molecule has 2 aromatic heterocycles. The average molecular weight is 414 g/mol. The minimum Gasteiger partial charge on any atom is -0.346 e. The highest BCUT2D eigenvalue weighted by Crippen LogP contribution is 2.34. The number of piperidine rings is 1. The number of carbonyl (C=O) groups excluding carboxylic acids is 1. The van der Waals surface area contributed by atoms with Crippen LogP contribution in [-0.2, 0) is 4.79 Å². The summed E-state index contributed by atoms with van der Waals surface area (Å²) in [5.41, 5.74) is 13.3. The predicted molar refractivity (Wildman–Crippen MR) is 114 cm³/mol. The molecule has 3 heterocycles. The van der Waals surface area contributed by atoms with Crippen LogP contribution in [0.5, 0.6) is 0 Å². The monoisotopic (exact) mass is 413 g/mol. The van der Waals surface area contributed by atoms with Gasteiger partial charge in [0.25, 0.3) is 0 Å². The van der Waals surface area contributed by atoms with Crippen molar-refractivity contribution in [1.82, 2.24) is 20.3 Å². The van der Waals surface area contributed by atoms with E-state index in [2.05, 4.69) is 20.3 Å². The van der Waals surface area contributed by atoms with Crippen molar-refractivity contribution in [3.8, 4) is 0 Å². The Balaban J connectivity index is 1.85. The number of amides is 1. The second kappa shape index (κ2) is 8.08. The summed E-state index contributed by atoms with van der Waals surface area (Å²) in [6.45, 7) is 1.58. The molecule has 8 nitrogen and oxygen atoms in total. The zero-order valence-corrected chi connectivity index (χ0v) is 16.7. The van der Waals surface area contributed by atoms with Crippen LogP contribution in [0, 0.1) is 0 Å². The normalized spacial score (nSPS) is 17.2. The molecule has 152 valence electrons. The zero-order valence-electron chi connectivity index (χ0n) is 15.9. The molecular weight excluding hydrogens is 390 g/mol. The molecule has 0 bridgehead atoms. The quantitative estimate of drug-likeness (QED) is 0.504. The average Bonchev–Trinajstić information content (AvgIpc) is 3.22. The third kappa shape index (κ3) is 3.72. The third-order valence-corrected chi connectivity index (χ3v) is 5.74. The van der Waals surface area contributed by atoms with Crippen LogP contribution in [0.15, 0.2) is 42.9 Å². The molecule has 9 heteroatoms. The Bertz CT molecular complexity index is 997. The van der Waals surface area contributed by atoms with Gasteiger partial charge in [-0.25, -0.2) is 9.97 Å². The lowest BCUT2D eigenvalue weighted by Gasteiger charge is -2.40.